The van der Waals surface area contributed by atoms with Gasteiger partial charge in [0, 0.05) is 34.3 Å². The molecule has 0 aliphatic carbocycles. The fraction of sp³-hybridized carbons (Fsp3) is 0.160. The van der Waals surface area contributed by atoms with E-state index < -0.39 is 6.04 Å². The third-order valence-corrected chi connectivity index (χ3v) is 5.27. The Hall–Kier alpha value is -3.37. The van der Waals surface area contributed by atoms with Gasteiger partial charge in [-0.2, -0.15) is 0 Å². The number of aromatic amines is 1. The number of hydrogen-bond acceptors (Lipinski definition) is 3. The number of para-hydroxylation sites is 2. The predicted molar refractivity (Wildman–Crippen MR) is 116 cm³/mol. The number of Topliss-reactive ketones (excluding diaryl/α,β-unsaturated/α-hetero) is 1. The van der Waals surface area contributed by atoms with Crippen LogP contribution in [0.1, 0.15) is 40.5 Å². The average molecular weight is 384 g/mol. The Morgan fingerprint density at radius 1 is 0.931 bits per heavy atom. The van der Waals surface area contributed by atoms with Crippen LogP contribution in [0.25, 0.3) is 10.9 Å². The topological polar surface area (TPSA) is 54.1 Å². The highest BCUT2D eigenvalue weighted by molar-refractivity contribution is 6.10. The molecular formula is C25H24N2O2. The van der Waals surface area contributed by atoms with Crippen molar-refractivity contribution in [3.05, 3.63) is 102 Å². The molecule has 0 fully saturated rings. The van der Waals surface area contributed by atoms with E-state index in [1.807, 2.05) is 78.9 Å². The number of aromatic nitrogens is 1. The lowest BCUT2D eigenvalue weighted by atomic mass is 9.95. The lowest BCUT2D eigenvalue weighted by molar-refractivity contribution is 0.0938. The first-order chi connectivity index (χ1) is 14.2. The molecule has 0 unspecified atom stereocenters. The molecule has 2 N–H and O–H groups in total. The molecular weight excluding hydrogens is 360 g/mol. The van der Waals surface area contributed by atoms with Gasteiger partial charge in [0.25, 0.3) is 0 Å². The van der Waals surface area contributed by atoms with Gasteiger partial charge in [0.2, 0.25) is 0 Å². The monoisotopic (exact) mass is 384 g/mol. The first-order valence-corrected chi connectivity index (χ1v) is 9.73. The number of fused-ring (bicyclic) bond motifs is 1. The van der Waals surface area contributed by atoms with Crippen LogP contribution in [0.2, 0.25) is 0 Å². The van der Waals surface area contributed by atoms with Crippen LogP contribution in [0.3, 0.4) is 0 Å². The van der Waals surface area contributed by atoms with Gasteiger partial charge in [-0.05, 0) is 24.6 Å². The zero-order valence-electron chi connectivity index (χ0n) is 16.6. The SMILES string of the molecule is COc1ccccc1[C@@H](C)N[C@H](C(=O)c1c[nH]c2ccccc12)c1ccccc1. The van der Waals surface area contributed by atoms with Crippen molar-refractivity contribution < 1.29 is 9.53 Å². The van der Waals surface area contributed by atoms with E-state index in [4.69, 9.17) is 4.74 Å². The van der Waals surface area contributed by atoms with Crippen molar-refractivity contribution in [2.75, 3.05) is 7.11 Å². The molecule has 3 aromatic carbocycles. The van der Waals surface area contributed by atoms with E-state index in [-0.39, 0.29) is 11.8 Å². The maximum absolute atomic E-state index is 13.6. The van der Waals surface area contributed by atoms with E-state index in [0.29, 0.717) is 5.56 Å². The lowest BCUT2D eigenvalue weighted by Crippen LogP contribution is -2.31. The largest absolute Gasteiger partial charge is 0.496 e. The number of nitrogens with one attached hydrogen (secondary N) is 2. The first-order valence-electron chi connectivity index (χ1n) is 9.73. The number of H-pyrrole nitrogens is 1. The van der Waals surface area contributed by atoms with Gasteiger partial charge in [0.1, 0.15) is 5.75 Å². The molecule has 0 amide bonds. The minimum atomic E-state index is -0.477. The molecule has 0 saturated heterocycles. The van der Waals surface area contributed by atoms with Gasteiger partial charge >= 0.3 is 0 Å². The molecule has 0 aliphatic heterocycles. The van der Waals surface area contributed by atoms with Crippen molar-refractivity contribution in [1.82, 2.24) is 10.3 Å². The molecule has 146 valence electrons. The Labute approximate surface area is 170 Å². The third-order valence-electron chi connectivity index (χ3n) is 5.27. The second-order valence-corrected chi connectivity index (χ2v) is 7.09. The second kappa shape index (κ2) is 8.33. The van der Waals surface area contributed by atoms with Crippen LogP contribution in [-0.4, -0.2) is 17.9 Å². The van der Waals surface area contributed by atoms with Crippen LogP contribution >= 0.6 is 0 Å². The molecule has 29 heavy (non-hydrogen) atoms. The van der Waals surface area contributed by atoms with Crippen LogP contribution in [0.15, 0.2) is 85.1 Å². The zero-order chi connectivity index (χ0) is 20.2. The molecule has 4 aromatic rings. The molecule has 4 heteroatoms. The number of ether oxygens (including phenoxy) is 1. The van der Waals surface area contributed by atoms with E-state index in [0.717, 1.165) is 27.8 Å². The smallest absolute Gasteiger partial charge is 0.186 e. The van der Waals surface area contributed by atoms with Crippen LogP contribution < -0.4 is 10.1 Å². The van der Waals surface area contributed by atoms with Crippen LogP contribution in [0.5, 0.6) is 5.75 Å². The molecule has 0 spiro atoms. The molecule has 0 saturated carbocycles. The van der Waals surface area contributed by atoms with Gasteiger partial charge in [-0.3, -0.25) is 10.1 Å². The zero-order valence-corrected chi connectivity index (χ0v) is 16.6. The molecule has 1 heterocycles. The predicted octanol–water partition coefficient (Wildman–Crippen LogP) is 5.45. The lowest BCUT2D eigenvalue weighted by Gasteiger charge is -2.24. The minimum Gasteiger partial charge on any atom is -0.496 e. The second-order valence-electron chi connectivity index (χ2n) is 7.09. The molecule has 0 radical (unpaired) electrons. The van der Waals surface area contributed by atoms with Crippen LogP contribution in [-0.2, 0) is 0 Å². The maximum atomic E-state index is 13.6. The molecule has 4 nitrogen and oxygen atoms in total. The van der Waals surface area contributed by atoms with Gasteiger partial charge in [-0.25, -0.2) is 0 Å². The molecule has 2 atom stereocenters. The quantitative estimate of drug-likeness (QED) is 0.417. The highest BCUT2D eigenvalue weighted by Gasteiger charge is 2.26. The summed E-state index contributed by atoms with van der Waals surface area (Å²) in [6.07, 6.45) is 1.80. The number of benzene rings is 3. The van der Waals surface area contributed by atoms with Crippen LogP contribution in [0.4, 0.5) is 0 Å². The fourth-order valence-corrected chi connectivity index (χ4v) is 3.76. The van der Waals surface area contributed by atoms with E-state index in [9.17, 15) is 4.79 Å². The van der Waals surface area contributed by atoms with E-state index in [1.54, 1.807) is 13.3 Å². The number of methoxy groups -OCH3 is 1. The van der Waals surface area contributed by atoms with Crippen molar-refractivity contribution in [3.63, 3.8) is 0 Å². The third kappa shape index (κ3) is 3.80. The van der Waals surface area contributed by atoms with E-state index in [2.05, 4.69) is 17.2 Å². The number of rotatable bonds is 7. The summed E-state index contributed by atoms with van der Waals surface area (Å²) >= 11 is 0. The van der Waals surface area contributed by atoms with Crippen molar-refractivity contribution in [2.45, 2.75) is 19.0 Å². The maximum Gasteiger partial charge on any atom is 0.186 e. The normalized spacial score (nSPS) is 13.2. The summed E-state index contributed by atoms with van der Waals surface area (Å²) in [5.74, 6) is 0.842. The van der Waals surface area contributed by atoms with Gasteiger partial charge in [0.05, 0.1) is 13.2 Å². The molecule has 0 aliphatic rings. The minimum absolute atomic E-state index is 0.0374. The van der Waals surface area contributed by atoms with Gasteiger partial charge in [0.15, 0.2) is 5.78 Å². The summed E-state index contributed by atoms with van der Waals surface area (Å²) in [6, 6.07) is 25.1. The Morgan fingerprint density at radius 2 is 1.62 bits per heavy atom. The Kier molecular flexibility index (Phi) is 5.45. The van der Waals surface area contributed by atoms with Crippen molar-refractivity contribution in [3.8, 4) is 5.75 Å². The van der Waals surface area contributed by atoms with Crippen molar-refractivity contribution >= 4 is 16.7 Å². The van der Waals surface area contributed by atoms with Crippen LogP contribution in [0, 0.1) is 0 Å². The summed E-state index contributed by atoms with van der Waals surface area (Å²) < 4.78 is 5.51. The summed E-state index contributed by atoms with van der Waals surface area (Å²) in [7, 11) is 1.66. The summed E-state index contributed by atoms with van der Waals surface area (Å²) in [5.41, 5.74) is 3.60. The van der Waals surface area contributed by atoms with Gasteiger partial charge < -0.3 is 9.72 Å². The Balaban J connectivity index is 1.72. The van der Waals surface area contributed by atoms with E-state index >= 15 is 0 Å². The molecule has 4 rings (SSSR count). The number of hydrogen-bond donors (Lipinski definition) is 2. The molecule has 0 bridgehead atoms. The standard InChI is InChI=1S/C25H24N2O2/c1-17(19-12-7-9-15-23(19)29-2)27-24(18-10-4-3-5-11-18)25(28)21-16-26-22-14-8-6-13-20(21)22/h3-17,24,26-27H,1-2H3/t17-,24+/m1/s1. The number of carbonyl (C=O) groups excluding carboxylic acids is 1. The Morgan fingerprint density at radius 3 is 2.41 bits per heavy atom. The van der Waals surface area contributed by atoms with Crippen molar-refractivity contribution in [1.29, 1.82) is 0 Å². The number of carbonyl (C=O) groups is 1. The summed E-state index contributed by atoms with van der Waals surface area (Å²) in [6.45, 7) is 2.05. The van der Waals surface area contributed by atoms with Crippen molar-refractivity contribution in [2.24, 2.45) is 0 Å². The summed E-state index contributed by atoms with van der Waals surface area (Å²) in [4.78, 5) is 16.8. The Bertz CT molecular complexity index is 1120. The fourth-order valence-electron chi connectivity index (χ4n) is 3.76. The number of ketones is 1. The summed E-state index contributed by atoms with van der Waals surface area (Å²) in [5, 5.41) is 4.47. The van der Waals surface area contributed by atoms with E-state index in [1.165, 1.54) is 0 Å². The van der Waals surface area contributed by atoms with Gasteiger partial charge in [-0.1, -0.05) is 66.7 Å². The van der Waals surface area contributed by atoms with Gasteiger partial charge in [-0.15, -0.1) is 0 Å². The average Bonchev–Trinajstić information content (AvgIpc) is 3.21. The highest BCUT2D eigenvalue weighted by Crippen LogP contribution is 2.30. The first kappa shape index (κ1) is 19.0. The molecule has 1 aromatic heterocycles. The highest BCUT2D eigenvalue weighted by atomic mass is 16.5.